The number of hydrogen-bond acceptors (Lipinski definition) is 7. The number of benzene rings is 2. The fourth-order valence-corrected chi connectivity index (χ4v) is 5.14. The molecule has 0 saturated heterocycles. The third kappa shape index (κ3) is 5.54. The summed E-state index contributed by atoms with van der Waals surface area (Å²) >= 11 is 6.55. The van der Waals surface area contributed by atoms with Crippen LogP contribution >= 0.6 is 22.9 Å². The van der Waals surface area contributed by atoms with Crippen molar-refractivity contribution in [3.05, 3.63) is 83.2 Å². The minimum atomic E-state index is -4.66. The summed E-state index contributed by atoms with van der Waals surface area (Å²) in [5, 5.41) is 30.2. The van der Waals surface area contributed by atoms with Crippen LogP contribution in [0.25, 0.3) is 5.57 Å². The summed E-state index contributed by atoms with van der Waals surface area (Å²) in [7, 11) is 3.51. The average Bonchev–Trinajstić information content (AvgIpc) is 3.36. The van der Waals surface area contributed by atoms with Crippen molar-refractivity contribution in [1.29, 1.82) is 0 Å². The Balaban J connectivity index is 1.90. The first kappa shape index (κ1) is 26.1. The molecular formula is C24H22ClF3N4O3S. The third-order valence-electron chi connectivity index (χ3n) is 5.59. The van der Waals surface area contributed by atoms with Gasteiger partial charge in [0.1, 0.15) is 0 Å². The third-order valence-corrected chi connectivity index (χ3v) is 6.86. The molecule has 0 aliphatic carbocycles. The zero-order valence-corrected chi connectivity index (χ0v) is 20.8. The van der Waals surface area contributed by atoms with Gasteiger partial charge in [-0.2, -0.15) is 23.4 Å². The first-order chi connectivity index (χ1) is 16.9. The first-order valence-electron chi connectivity index (χ1n) is 10.8. The normalized spacial score (nSPS) is 14.7. The summed E-state index contributed by atoms with van der Waals surface area (Å²) in [6.45, 7) is 0.0815. The van der Waals surface area contributed by atoms with Crippen LogP contribution in [0, 0.1) is 0 Å². The molecule has 0 saturated carbocycles. The number of nitrogens with zero attached hydrogens (tertiary/aromatic N) is 4. The van der Waals surface area contributed by atoms with E-state index in [0.717, 1.165) is 10.6 Å². The Labute approximate surface area is 212 Å². The van der Waals surface area contributed by atoms with Crippen LogP contribution in [0.3, 0.4) is 0 Å². The molecule has 7 nitrogen and oxygen atoms in total. The van der Waals surface area contributed by atoms with Crippen LogP contribution in [-0.4, -0.2) is 52.6 Å². The summed E-state index contributed by atoms with van der Waals surface area (Å²) < 4.78 is 42.5. The van der Waals surface area contributed by atoms with Gasteiger partial charge in [0.15, 0.2) is 0 Å². The van der Waals surface area contributed by atoms with E-state index >= 15 is 0 Å². The molecule has 0 unspecified atom stereocenters. The van der Waals surface area contributed by atoms with E-state index in [1.54, 1.807) is 37.2 Å². The van der Waals surface area contributed by atoms with Crippen molar-refractivity contribution >= 4 is 34.7 Å². The fourth-order valence-electron chi connectivity index (χ4n) is 4.01. The number of rotatable bonds is 7. The minimum Gasteiger partial charge on any atom is -0.493 e. The highest BCUT2D eigenvalue weighted by Gasteiger charge is 2.34. The van der Waals surface area contributed by atoms with E-state index in [4.69, 9.17) is 11.6 Å². The van der Waals surface area contributed by atoms with Crippen LogP contribution in [-0.2, 0) is 19.1 Å². The molecule has 0 bridgehead atoms. The molecule has 0 amide bonds. The van der Waals surface area contributed by atoms with E-state index < -0.39 is 28.6 Å². The zero-order chi connectivity index (χ0) is 26.2. The number of fused-ring (bicyclic) bond motifs is 1. The summed E-state index contributed by atoms with van der Waals surface area (Å²) in [4.78, 5) is 14.1. The Hall–Kier alpha value is -2.99. The second-order valence-electron chi connectivity index (χ2n) is 8.62. The number of aromatic nitrogens is 1. The van der Waals surface area contributed by atoms with E-state index in [0.29, 0.717) is 33.0 Å². The highest BCUT2D eigenvalue weighted by molar-refractivity contribution is 7.10. The Morgan fingerprint density at radius 3 is 2.67 bits per heavy atom. The molecule has 1 aromatic heterocycles. The summed E-state index contributed by atoms with van der Waals surface area (Å²) in [6, 6.07) is 8.53. The molecule has 4 rings (SSSR count). The van der Waals surface area contributed by atoms with Crippen LogP contribution in [0.1, 0.15) is 21.6 Å². The predicted molar refractivity (Wildman–Crippen MR) is 132 cm³/mol. The predicted octanol–water partition coefficient (Wildman–Crippen LogP) is 2.62. The van der Waals surface area contributed by atoms with Gasteiger partial charge in [-0.3, -0.25) is 9.36 Å². The average molecular weight is 539 g/mol. The van der Waals surface area contributed by atoms with E-state index in [2.05, 4.69) is 10.2 Å². The van der Waals surface area contributed by atoms with Crippen molar-refractivity contribution in [1.82, 2.24) is 9.47 Å². The SMILES string of the molecule is CN(C)C[C@H](O)Cn1c(O)c(C(Cc2ccc(Cl)cc2C(F)(F)F)=c2ccc3c(c2)C=NN=3)sc1=O. The first-order valence-corrected chi connectivity index (χ1v) is 12.0. The Morgan fingerprint density at radius 2 is 1.97 bits per heavy atom. The van der Waals surface area contributed by atoms with Crippen molar-refractivity contribution < 1.29 is 23.4 Å². The standard InChI is InChI=1S/C24H22ClF3N4O3S/c1-31(2)11-17(33)12-32-22(34)21(36-23(32)35)18(13-4-6-20-15(7-13)10-29-30-20)8-14-3-5-16(25)9-19(14)24(26,27)28/h3-7,9-10,17,33-34H,8,11-12H2,1-2H3/t17-/m0/s1. The number of aromatic hydroxyl groups is 1. The molecule has 0 spiro atoms. The molecule has 2 heterocycles. The van der Waals surface area contributed by atoms with Gasteiger partial charge in [0.05, 0.1) is 34.7 Å². The highest BCUT2D eigenvalue weighted by atomic mass is 35.5. The molecule has 1 aliphatic heterocycles. The van der Waals surface area contributed by atoms with Crippen LogP contribution in [0.15, 0.2) is 51.4 Å². The highest BCUT2D eigenvalue weighted by Crippen LogP contribution is 2.37. The summed E-state index contributed by atoms with van der Waals surface area (Å²) in [6.07, 6.45) is -4.33. The van der Waals surface area contributed by atoms with Gasteiger partial charge in [-0.05, 0) is 54.7 Å². The van der Waals surface area contributed by atoms with Crippen LogP contribution in [0.5, 0.6) is 5.88 Å². The maximum absolute atomic E-state index is 13.8. The van der Waals surface area contributed by atoms with Gasteiger partial charge < -0.3 is 15.1 Å². The number of likely N-dealkylation sites (N-methyl/N-ethyl adjacent to an activating group) is 1. The van der Waals surface area contributed by atoms with Crippen molar-refractivity contribution in [2.45, 2.75) is 25.2 Å². The maximum Gasteiger partial charge on any atom is 0.416 e. The summed E-state index contributed by atoms with van der Waals surface area (Å²) in [5.74, 6) is -0.417. The molecular weight excluding hydrogens is 517 g/mol. The molecule has 2 aromatic carbocycles. The molecule has 0 fully saturated rings. The Morgan fingerprint density at radius 1 is 1.22 bits per heavy atom. The smallest absolute Gasteiger partial charge is 0.416 e. The Kier molecular flexibility index (Phi) is 7.37. The van der Waals surface area contributed by atoms with E-state index in [9.17, 15) is 28.2 Å². The fraction of sp³-hybridized carbons (Fsp3) is 0.292. The number of hydrogen-bond donors (Lipinski definition) is 2. The minimum absolute atomic E-state index is 0.0588. The molecule has 190 valence electrons. The molecule has 1 atom stereocenters. The van der Waals surface area contributed by atoms with Crippen molar-refractivity contribution in [3.8, 4) is 5.88 Å². The van der Waals surface area contributed by atoms with E-state index in [1.807, 2.05) is 0 Å². The van der Waals surface area contributed by atoms with Gasteiger partial charge in [0.2, 0.25) is 5.88 Å². The van der Waals surface area contributed by atoms with Gasteiger partial charge in [0, 0.05) is 23.6 Å². The lowest BCUT2D eigenvalue weighted by molar-refractivity contribution is -0.138. The lowest BCUT2D eigenvalue weighted by Crippen LogP contribution is -2.31. The monoisotopic (exact) mass is 538 g/mol. The molecule has 12 heteroatoms. The number of thiazole rings is 1. The topological polar surface area (TPSA) is 90.4 Å². The quantitative estimate of drug-likeness (QED) is 0.484. The van der Waals surface area contributed by atoms with Crippen LogP contribution < -0.4 is 15.4 Å². The number of aliphatic hydroxyl groups is 1. The molecule has 2 N–H and O–H groups in total. The second-order valence-corrected chi connectivity index (χ2v) is 10.0. The lowest BCUT2D eigenvalue weighted by atomic mass is 9.96. The van der Waals surface area contributed by atoms with E-state index in [-0.39, 0.29) is 35.0 Å². The number of halogens is 4. The van der Waals surface area contributed by atoms with Gasteiger partial charge in [-0.1, -0.05) is 35.1 Å². The van der Waals surface area contributed by atoms with Gasteiger partial charge in [-0.25, -0.2) is 0 Å². The molecule has 1 aliphatic rings. The molecule has 36 heavy (non-hydrogen) atoms. The maximum atomic E-state index is 13.8. The largest absolute Gasteiger partial charge is 0.493 e. The van der Waals surface area contributed by atoms with Gasteiger partial charge >= 0.3 is 11.0 Å². The molecule has 0 radical (unpaired) electrons. The number of alkyl halides is 3. The summed E-state index contributed by atoms with van der Waals surface area (Å²) in [5.41, 5.74) is -0.00529. The lowest BCUT2D eigenvalue weighted by Gasteiger charge is -2.17. The van der Waals surface area contributed by atoms with Gasteiger partial charge in [0.25, 0.3) is 0 Å². The number of aliphatic hydroxyl groups excluding tert-OH is 1. The Bertz CT molecular complexity index is 1510. The van der Waals surface area contributed by atoms with E-state index in [1.165, 1.54) is 18.3 Å². The molecule has 3 aromatic rings. The van der Waals surface area contributed by atoms with Crippen LogP contribution in [0.2, 0.25) is 5.02 Å². The zero-order valence-electron chi connectivity index (χ0n) is 19.3. The van der Waals surface area contributed by atoms with Gasteiger partial charge in [-0.15, -0.1) is 0 Å². The van der Waals surface area contributed by atoms with Crippen LogP contribution in [0.4, 0.5) is 13.2 Å². The van der Waals surface area contributed by atoms with Crippen molar-refractivity contribution in [2.24, 2.45) is 10.2 Å². The van der Waals surface area contributed by atoms with Crippen molar-refractivity contribution in [2.75, 3.05) is 20.6 Å². The van der Waals surface area contributed by atoms with Crippen molar-refractivity contribution in [3.63, 3.8) is 0 Å². The second kappa shape index (κ2) is 10.2.